The van der Waals surface area contributed by atoms with E-state index < -0.39 is 5.97 Å². The number of carbonyl (C=O) groups is 1. The highest BCUT2D eigenvalue weighted by Gasteiger charge is 2.20. The maximum absolute atomic E-state index is 10.7. The predicted molar refractivity (Wildman–Crippen MR) is 89.9 cm³/mol. The van der Waals surface area contributed by atoms with Crippen LogP contribution in [0.15, 0.2) is 22.6 Å². The SMILES string of the molecule is Cc1ccc(C(C)CCN2CCn3nc(CCC(=O)O)cc3C2)o1. The number of carboxylic acids is 1. The van der Waals surface area contributed by atoms with Gasteiger partial charge in [-0.25, -0.2) is 0 Å². The third-order valence-corrected chi connectivity index (χ3v) is 4.65. The fraction of sp³-hybridized carbons (Fsp3) is 0.556. The fourth-order valence-electron chi connectivity index (χ4n) is 3.16. The number of aliphatic carboxylic acids is 1. The maximum Gasteiger partial charge on any atom is 0.303 e. The van der Waals surface area contributed by atoms with Crippen LogP contribution in [0, 0.1) is 6.92 Å². The van der Waals surface area contributed by atoms with Gasteiger partial charge in [0, 0.05) is 25.4 Å². The van der Waals surface area contributed by atoms with Crippen molar-refractivity contribution in [1.29, 1.82) is 0 Å². The lowest BCUT2D eigenvalue weighted by atomic mass is 10.0. The van der Waals surface area contributed by atoms with Crippen LogP contribution in [0.3, 0.4) is 0 Å². The molecule has 1 atom stereocenters. The van der Waals surface area contributed by atoms with Crippen molar-refractivity contribution in [2.45, 2.75) is 52.1 Å². The summed E-state index contributed by atoms with van der Waals surface area (Å²) in [5, 5.41) is 13.3. The smallest absolute Gasteiger partial charge is 0.303 e. The molecule has 0 bridgehead atoms. The summed E-state index contributed by atoms with van der Waals surface area (Å²) in [6, 6.07) is 6.14. The Morgan fingerprint density at radius 1 is 1.42 bits per heavy atom. The van der Waals surface area contributed by atoms with E-state index in [1.807, 2.05) is 17.7 Å². The van der Waals surface area contributed by atoms with Crippen LogP contribution in [0.1, 0.15) is 48.6 Å². The summed E-state index contributed by atoms with van der Waals surface area (Å²) in [5.74, 6) is 1.67. The van der Waals surface area contributed by atoms with E-state index in [2.05, 4.69) is 29.1 Å². The molecule has 1 aliphatic heterocycles. The first-order valence-corrected chi connectivity index (χ1v) is 8.57. The number of nitrogens with zero attached hydrogens (tertiary/aromatic N) is 3. The average molecular weight is 331 g/mol. The molecule has 2 aromatic heterocycles. The second kappa shape index (κ2) is 7.21. The second-order valence-electron chi connectivity index (χ2n) is 6.66. The molecule has 3 rings (SSSR count). The molecular formula is C18H25N3O3. The topological polar surface area (TPSA) is 71.5 Å². The van der Waals surface area contributed by atoms with E-state index in [0.717, 1.165) is 49.8 Å². The molecule has 0 saturated carbocycles. The summed E-state index contributed by atoms with van der Waals surface area (Å²) in [6.45, 7) is 7.94. The van der Waals surface area contributed by atoms with E-state index in [9.17, 15) is 4.79 Å². The van der Waals surface area contributed by atoms with Gasteiger partial charge in [0.15, 0.2) is 0 Å². The molecule has 24 heavy (non-hydrogen) atoms. The zero-order valence-electron chi connectivity index (χ0n) is 14.4. The van der Waals surface area contributed by atoms with Gasteiger partial charge in [-0.3, -0.25) is 14.4 Å². The first-order chi connectivity index (χ1) is 11.5. The minimum absolute atomic E-state index is 0.139. The van der Waals surface area contributed by atoms with Gasteiger partial charge in [-0.15, -0.1) is 0 Å². The Balaban J connectivity index is 1.52. The van der Waals surface area contributed by atoms with Gasteiger partial charge in [-0.05, 0) is 38.1 Å². The Morgan fingerprint density at radius 3 is 2.96 bits per heavy atom. The van der Waals surface area contributed by atoms with E-state index in [0.29, 0.717) is 12.3 Å². The zero-order valence-corrected chi connectivity index (χ0v) is 14.4. The van der Waals surface area contributed by atoms with Crippen LogP contribution in [0.5, 0.6) is 0 Å². The highest BCUT2D eigenvalue weighted by molar-refractivity contribution is 5.66. The van der Waals surface area contributed by atoms with Gasteiger partial charge < -0.3 is 9.52 Å². The molecule has 0 fully saturated rings. The van der Waals surface area contributed by atoms with Crippen molar-refractivity contribution < 1.29 is 14.3 Å². The molecule has 1 aliphatic rings. The monoisotopic (exact) mass is 331 g/mol. The summed E-state index contributed by atoms with van der Waals surface area (Å²) in [6.07, 6.45) is 1.71. The molecule has 2 aromatic rings. The molecule has 0 radical (unpaired) electrons. The Morgan fingerprint density at radius 2 is 2.25 bits per heavy atom. The third-order valence-electron chi connectivity index (χ3n) is 4.65. The summed E-state index contributed by atoms with van der Waals surface area (Å²) in [7, 11) is 0. The number of furan rings is 1. The minimum atomic E-state index is -0.773. The number of hydrogen-bond donors (Lipinski definition) is 1. The summed E-state index contributed by atoms with van der Waals surface area (Å²) in [4.78, 5) is 13.1. The highest BCUT2D eigenvalue weighted by Crippen LogP contribution is 2.23. The van der Waals surface area contributed by atoms with Crippen LogP contribution in [0.2, 0.25) is 0 Å². The molecule has 1 N–H and O–H groups in total. The molecule has 0 amide bonds. The Bertz CT molecular complexity index is 704. The van der Waals surface area contributed by atoms with E-state index in [1.54, 1.807) is 0 Å². The fourth-order valence-corrected chi connectivity index (χ4v) is 3.16. The quantitative estimate of drug-likeness (QED) is 0.845. The van der Waals surface area contributed by atoms with E-state index >= 15 is 0 Å². The number of rotatable bonds is 7. The zero-order chi connectivity index (χ0) is 17.1. The van der Waals surface area contributed by atoms with Crippen molar-refractivity contribution in [2.24, 2.45) is 0 Å². The van der Waals surface area contributed by atoms with Crippen LogP contribution in [-0.4, -0.2) is 38.8 Å². The van der Waals surface area contributed by atoms with Gasteiger partial charge in [0.1, 0.15) is 11.5 Å². The Labute approximate surface area is 142 Å². The van der Waals surface area contributed by atoms with Crippen LogP contribution >= 0.6 is 0 Å². The predicted octanol–water partition coefficient (Wildman–Crippen LogP) is 2.81. The molecule has 0 saturated heterocycles. The molecule has 6 nitrogen and oxygen atoms in total. The van der Waals surface area contributed by atoms with Crippen LogP contribution < -0.4 is 0 Å². The summed E-state index contributed by atoms with van der Waals surface area (Å²) < 4.78 is 7.73. The first-order valence-electron chi connectivity index (χ1n) is 8.57. The van der Waals surface area contributed by atoms with E-state index in [1.165, 1.54) is 5.69 Å². The lowest BCUT2D eigenvalue weighted by Crippen LogP contribution is -2.34. The van der Waals surface area contributed by atoms with Crippen LogP contribution in [-0.2, 0) is 24.3 Å². The number of carboxylic acid groups (broad SMARTS) is 1. The van der Waals surface area contributed by atoms with E-state index in [4.69, 9.17) is 9.52 Å². The van der Waals surface area contributed by atoms with Crippen molar-refractivity contribution in [2.75, 3.05) is 13.1 Å². The Kier molecular flexibility index (Phi) is 5.04. The van der Waals surface area contributed by atoms with E-state index in [-0.39, 0.29) is 6.42 Å². The number of aryl methyl sites for hydroxylation is 2. The molecule has 1 unspecified atom stereocenters. The standard InChI is InChI=1S/C18H25N3O3/c1-13(17-5-3-14(2)24-17)7-8-20-9-10-21-16(12-20)11-15(19-21)4-6-18(22)23/h3,5,11,13H,4,6-10,12H2,1-2H3,(H,22,23). The lowest BCUT2D eigenvalue weighted by molar-refractivity contribution is -0.136. The second-order valence-corrected chi connectivity index (χ2v) is 6.66. The first kappa shape index (κ1) is 16.8. The van der Waals surface area contributed by atoms with Crippen molar-refractivity contribution in [3.63, 3.8) is 0 Å². The van der Waals surface area contributed by atoms with Gasteiger partial charge in [-0.1, -0.05) is 6.92 Å². The molecule has 3 heterocycles. The number of fused-ring (bicyclic) bond motifs is 1. The molecule has 0 aromatic carbocycles. The van der Waals surface area contributed by atoms with Gasteiger partial charge in [0.05, 0.1) is 24.4 Å². The van der Waals surface area contributed by atoms with Gasteiger partial charge in [0.25, 0.3) is 0 Å². The maximum atomic E-state index is 10.7. The van der Waals surface area contributed by atoms with Crippen molar-refractivity contribution in [3.8, 4) is 0 Å². The molecular weight excluding hydrogens is 306 g/mol. The molecule has 6 heteroatoms. The molecule has 0 aliphatic carbocycles. The lowest BCUT2D eigenvalue weighted by Gasteiger charge is -2.28. The third kappa shape index (κ3) is 4.06. The molecule has 130 valence electrons. The summed E-state index contributed by atoms with van der Waals surface area (Å²) >= 11 is 0. The van der Waals surface area contributed by atoms with Crippen LogP contribution in [0.4, 0.5) is 0 Å². The van der Waals surface area contributed by atoms with Crippen molar-refractivity contribution >= 4 is 5.97 Å². The van der Waals surface area contributed by atoms with Gasteiger partial charge >= 0.3 is 5.97 Å². The van der Waals surface area contributed by atoms with Crippen molar-refractivity contribution in [1.82, 2.24) is 14.7 Å². The molecule has 0 spiro atoms. The van der Waals surface area contributed by atoms with Crippen molar-refractivity contribution in [3.05, 3.63) is 41.1 Å². The summed E-state index contributed by atoms with van der Waals surface area (Å²) in [5.41, 5.74) is 2.07. The Hall–Kier alpha value is -2.08. The number of aromatic nitrogens is 2. The normalized spacial score (nSPS) is 16.1. The highest BCUT2D eigenvalue weighted by atomic mass is 16.4. The minimum Gasteiger partial charge on any atom is -0.481 e. The van der Waals surface area contributed by atoms with Crippen LogP contribution in [0.25, 0.3) is 0 Å². The van der Waals surface area contributed by atoms with Gasteiger partial charge in [0.2, 0.25) is 0 Å². The average Bonchev–Trinajstić information content (AvgIpc) is 3.15. The van der Waals surface area contributed by atoms with Gasteiger partial charge in [-0.2, -0.15) is 5.10 Å². The largest absolute Gasteiger partial charge is 0.481 e. The number of hydrogen-bond acceptors (Lipinski definition) is 4.